The lowest BCUT2D eigenvalue weighted by Gasteiger charge is -2.14. The number of carbonyl (C=O) groups is 2. The highest BCUT2D eigenvalue weighted by Crippen LogP contribution is 2.26. The van der Waals surface area contributed by atoms with Crippen molar-refractivity contribution in [2.75, 3.05) is 12.1 Å². The molecule has 2 aromatic rings. The van der Waals surface area contributed by atoms with E-state index in [1.54, 1.807) is 31.4 Å². The number of methoxy groups -OCH3 is 1. The first-order chi connectivity index (χ1) is 12.6. The van der Waals surface area contributed by atoms with E-state index in [0.717, 1.165) is 0 Å². The maximum Gasteiger partial charge on any atom is 0.311 e. The number of hydrogen-bond acceptors (Lipinski definition) is 6. The van der Waals surface area contributed by atoms with Crippen molar-refractivity contribution in [3.8, 4) is 0 Å². The fourth-order valence-electron chi connectivity index (χ4n) is 2.73. The first-order valence-corrected chi connectivity index (χ1v) is 8.16. The molecule has 3 rings (SSSR count). The molecule has 1 aliphatic rings. The van der Waals surface area contributed by atoms with Gasteiger partial charge in [-0.3, -0.25) is 14.6 Å². The average Bonchev–Trinajstić information content (AvgIpc) is 3.28. The summed E-state index contributed by atoms with van der Waals surface area (Å²) in [5.74, 6) is -0.684. The third kappa shape index (κ3) is 3.72. The molecule has 0 fully saturated rings. The third-order valence-corrected chi connectivity index (χ3v) is 4.05. The Hall–Kier alpha value is -3.22. The van der Waals surface area contributed by atoms with Crippen molar-refractivity contribution in [2.24, 2.45) is 16.0 Å². The molecule has 7 nitrogen and oxygen atoms in total. The lowest BCUT2D eigenvalue weighted by atomic mass is 9.96. The topological polar surface area (TPSA) is 84.5 Å². The van der Waals surface area contributed by atoms with Crippen molar-refractivity contribution in [2.45, 2.75) is 19.9 Å². The molecule has 0 aliphatic carbocycles. The molecule has 1 aromatic heterocycles. The van der Waals surface area contributed by atoms with Crippen molar-refractivity contribution >= 4 is 29.0 Å². The van der Waals surface area contributed by atoms with E-state index in [2.05, 4.69) is 10.1 Å². The number of esters is 1. The normalized spacial score (nSPS) is 17.4. The Balaban J connectivity index is 1.88. The van der Waals surface area contributed by atoms with Gasteiger partial charge < -0.3 is 9.15 Å². The summed E-state index contributed by atoms with van der Waals surface area (Å²) in [6, 6.07) is 12.7. The van der Waals surface area contributed by atoms with Gasteiger partial charge in [0.2, 0.25) is 0 Å². The van der Waals surface area contributed by atoms with Crippen molar-refractivity contribution in [3.05, 3.63) is 54.5 Å². The van der Waals surface area contributed by atoms with Gasteiger partial charge in [-0.2, -0.15) is 10.1 Å². The van der Waals surface area contributed by atoms with Crippen LogP contribution in [0.4, 0.5) is 5.69 Å². The fourth-order valence-corrected chi connectivity index (χ4v) is 2.73. The van der Waals surface area contributed by atoms with E-state index >= 15 is 0 Å². The zero-order valence-corrected chi connectivity index (χ0v) is 14.6. The van der Waals surface area contributed by atoms with Gasteiger partial charge in [-0.1, -0.05) is 18.2 Å². The Morgan fingerprint density at radius 1 is 1.27 bits per heavy atom. The zero-order chi connectivity index (χ0) is 18.5. The van der Waals surface area contributed by atoms with Crippen LogP contribution in [0.2, 0.25) is 0 Å². The highest BCUT2D eigenvalue weighted by Gasteiger charge is 2.39. The highest BCUT2D eigenvalue weighted by atomic mass is 16.5. The number of benzene rings is 1. The summed E-state index contributed by atoms with van der Waals surface area (Å²) < 4.78 is 10.00. The van der Waals surface area contributed by atoms with Crippen LogP contribution in [0.15, 0.2) is 63.2 Å². The Kier molecular flexibility index (Phi) is 5.26. The molecule has 0 spiro atoms. The van der Waals surface area contributed by atoms with Crippen LogP contribution >= 0.6 is 0 Å². The van der Waals surface area contributed by atoms with Gasteiger partial charge in [0.05, 0.1) is 37.7 Å². The number of furan rings is 1. The number of amides is 1. The Morgan fingerprint density at radius 3 is 2.69 bits per heavy atom. The molecule has 1 aliphatic heterocycles. The van der Waals surface area contributed by atoms with E-state index in [1.807, 2.05) is 24.3 Å². The number of hydrazone groups is 1. The van der Waals surface area contributed by atoms with Crippen LogP contribution in [0.5, 0.6) is 0 Å². The Labute approximate surface area is 151 Å². The number of nitrogens with zero attached hydrogens (tertiary/aromatic N) is 3. The van der Waals surface area contributed by atoms with Crippen LogP contribution in [-0.4, -0.2) is 30.4 Å². The van der Waals surface area contributed by atoms with Gasteiger partial charge in [-0.05, 0) is 31.2 Å². The van der Waals surface area contributed by atoms with E-state index in [-0.39, 0.29) is 12.3 Å². The molecule has 134 valence electrons. The van der Waals surface area contributed by atoms with Crippen molar-refractivity contribution < 1.29 is 18.7 Å². The van der Waals surface area contributed by atoms with Gasteiger partial charge in [0.15, 0.2) is 0 Å². The number of para-hydroxylation sites is 1. The van der Waals surface area contributed by atoms with E-state index in [4.69, 9.17) is 9.15 Å². The summed E-state index contributed by atoms with van der Waals surface area (Å²) >= 11 is 0. The molecular formula is C19H19N3O4. The molecule has 26 heavy (non-hydrogen) atoms. The molecule has 0 saturated carbocycles. The summed E-state index contributed by atoms with van der Waals surface area (Å²) in [6.45, 7) is 2.08. The molecule has 0 bridgehead atoms. The Morgan fingerprint density at radius 2 is 2.04 bits per heavy atom. The number of ether oxygens (including phenoxy) is 1. The number of hydrogen-bond donors (Lipinski definition) is 0. The second-order valence-electron chi connectivity index (χ2n) is 5.80. The number of carbonyl (C=O) groups excluding carboxylic acids is 2. The maximum absolute atomic E-state index is 12.9. The standard InChI is InChI=1S/C19H19N3O4/c1-13(20-12-15-9-6-10-26-15)18-16(11-17(23)25-2)21-22(19(18)24)14-7-4-3-5-8-14/h3-10,18H,11-12H2,1-2H3. The number of anilines is 1. The van der Waals surface area contributed by atoms with Gasteiger partial charge in [0.25, 0.3) is 5.91 Å². The SMILES string of the molecule is COC(=O)CC1=NN(c2ccccc2)C(=O)C1C(C)=NCc1ccco1. The molecule has 0 radical (unpaired) electrons. The lowest BCUT2D eigenvalue weighted by Crippen LogP contribution is -2.33. The first-order valence-electron chi connectivity index (χ1n) is 8.16. The molecular weight excluding hydrogens is 334 g/mol. The summed E-state index contributed by atoms with van der Waals surface area (Å²) in [6.07, 6.45) is 1.51. The van der Waals surface area contributed by atoms with Crippen molar-refractivity contribution in [1.29, 1.82) is 0 Å². The predicted molar refractivity (Wildman–Crippen MR) is 97.0 cm³/mol. The second kappa shape index (κ2) is 7.77. The smallest absolute Gasteiger partial charge is 0.311 e. The minimum atomic E-state index is -0.690. The molecule has 1 atom stereocenters. The van der Waals surface area contributed by atoms with Crippen LogP contribution in [-0.2, 0) is 20.9 Å². The lowest BCUT2D eigenvalue weighted by molar-refractivity contribution is -0.139. The molecule has 1 aromatic carbocycles. The van der Waals surface area contributed by atoms with Crippen LogP contribution in [0, 0.1) is 5.92 Å². The summed E-state index contributed by atoms with van der Waals surface area (Å²) in [5, 5.41) is 5.68. The molecule has 7 heteroatoms. The molecule has 0 N–H and O–H groups in total. The molecule has 2 heterocycles. The largest absolute Gasteiger partial charge is 0.469 e. The first kappa shape index (κ1) is 17.6. The minimum Gasteiger partial charge on any atom is -0.469 e. The van der Waals surface area contributed by atoms with Crippen LogP contribution in [0.1, 0.15) is 19.1 Å². The highest BCUT2D eigenvalue weighted by molar-refractivity contribution is 6.30. The molecule has 1 unspecified atom stereocenters. The van der Waals surface area contributed by atoms with Crippen LogP contribution in [0.25, 0.3) is 0 Å². The number of aliphatic imine (C=N–C) groups is 1. The molecule has 0 saturated heterocycles. The summed E-state index contributed by atoms with van der Waals surface area (Å²) in [7, 11) is 1.31. The van der Waals surface area contributed by atoms with Crippen LogP contribution in [0.3, 0.4) is 0 Å². The average molecular weight is 353 g/mol. The minimum absolute atomic E-state index is 0.0656. The van der Waals surface area contributed by atoms with Gasteiger partial charge in [0.1, 0.15) is 11.7 Å². The van der Waals surface area contributed by atoms with E-state index < -0.39 is 11.9 Å². The third-order valence-electron chi connectivity index (χ3n) is 4.05. The van der Waals surface area contributed by atoms with Gasteiger partial charge in [0, 0.05) is 5.71 Å². The monoisotopic (exact) mass is 353 g/mol. The summed E-state index contributed by atoms with van der Waals surface area (Å²) in [5.41, 5.74) is 1.64. The summed E-state index contributed by atoms with van der Waals surface area (Å²) in [4.78, 5) is 29.1. The molecule has 1 amide bonds. The zero-order valence-electron chi connectivity index (χ0n) is 14.6. The quantitative estimate of drug-likeness (QED) is 0.590. The fraction of sp³-hybridized carbons (Fsp3) is 0.263. The van der Waals surface area contributed by atoms with Crippen molar-refractivity contribution in [3.63, 3.8) is 0 Å². The van der Waals surface area contributed by atoms with Gasteiger partial charge in [-0.25, -0.2) is 0 Å². The maximum atomic E-state index is 12.9. The van der Waals surface area contributed by atoms with Gasteiger partial charge in [-0.15, -0.1) is 0 Å². The van der Waals surface area contributed by atoms with E-state index in [9.17, 15) is 9.59 Å². The van der Waals surface area contributed by atoms with E-state index in [1.165, 1.54) is 12.1 Å². The second-order valence-corrected chi connectivity index (χ2v) is 5.80. The van der Waals surface area contributed by atoms with Crippen LogP contribution < -0.4 is 5.01 Å². The van der Waals surface area contributed by atoms with Crippen molar-refractivity contribution in [1.82, 2.24) is 0 Å². The number of rotatable bonds is 6. The Bertz CT molecular complexity index is 841. The predicted octanol–water partition coefficient (Wildman–Crippen LogP) is 2.82. The van der Waals surface area contributed by atoms with Gasteiger partial charge >= 0.3 is 5.97 Å². The van der Waals surface area contributed by atoms with E-state index in [0.29, 0.717) is 29.4 Å².